The van der Waals surface area contributed by atoms with Crippen LogP contribution in [0.25, 0.3) is 0 Å². The molecule has 3 nitrogen and oxygen atoms in total. The minimum Gasteiger partial charge on any atom is -0.462 e. The number of aliphatic hydroxyl groups excluding tert-OH is 1. The molecule has 1 N–H and O–H groups in total. The quantitative estimate of drug-likeness (QED) is 0.670. The average molecular weight is 250 g/mol. The van der Waals surface area contributed by atoms with E-state index in [0.717, 1.165) is 18.4 Å². The molecule has 3 heteroatoms. The molecular formula is C15H22O3. The van der Waals surface area contributed by atoms with Gasteiger partial charge in [0.1, 0.15) is 6.61 Å². The number of carbonyl (C=O) groups is 1. The van der Waals surface area contributed by atoms with Crippen LogP contribution in [0.2, 0.25) is 0 Å². The van der Waals surface area contributed by atoms with Gasteiger partial charge in [0, 0.05) is 5.57 Å². The van der Waals surface area contributed by atoms with Gasteiger partial charge in [-0.2, -0.15) is 0 Å². The van der Waals surface area contributed by atoms with Gasteiger partial charge in [-0.3, -0.25) is 0 Å². The van der Waals surface area contributed by atoms with E-state index in [4.69, 9.17) is 4.74 Å². The van der Waals surface area contributed by atoms with Crippen molar-refractivity contribution in [3.05, 3.63) is 11.6 Å². The van der Waals surface area contributed by atoms with Crippen LogP contribution in [0, 0.1) is 29.1 Å². The Morgan fingerprint density at radius 2 is 2.00 bits per heavy atom. The summed E-state index contributed by atoms with van der Waals surface area (Å²) in [4.78, 5) is 11.7. The summed E-state index contributed by atoms with van der Waals surface area (Å²) in [6, 6.07) is 0. The number of esters is 1. The Morgan fingerprint density at radius 3 is 2.72 bits per heavy atom. The minimum atomic E-state index is -0.417. The summed E-state index contributed by atoms with van der Waals surface area (Å²) < 4.78 is 5.11. The van der Waals surface area contributed by atoms with Crippen molar-refractivity contribution in [3.63, 3.8) is 0 Å². The predicted octanol–water partition coefficient (Wildman–Crippen LogP) is 2.15. The standard InChI is InChI=1S/C15H22O3/c1-8-4-9-12(7-18-14(9)17)13(16)11-6-15(2,3)5-10(8)11/h4,8,10-13,16H,5-7H2,1-3H3/t8-,10+,11+,12-,13-/m0/s1. The summed E-state index contributed by atoms with van der Waals surface area (Å²) in [5, 5.41) is 10.6. The van der Waals surface area contributed by atoms with Gasteiger partial charge in [0.05, 0.1) is 12.0 Å². The Morgan fingerprint density at radius 1 is 1.33 bits per heavy atom. The molecule has 1 saturated heterocycles. The van der Waals surface area contributed by atoms with E-state index < -0.39 is 6.10 Å². The van der Waals surface area contributed by atoms with Crippen LogP contribution in [0.15, 0.2) is 11.6 Å². The molecule has 3 aliphatic rings. The van der Waals surface area contributed by atoms with Crippen LogP contribution in [0.1, 0.15) is 33.6 Å². The highest BCUT2D eigenvalue weighted by molar-refractivity contribution is 5.91. The molecular weight excluding hydrogens is 228 g/mol. The van der Waals surface area contributed by atoms with Crippen molar-refractivity contribution in [2.45, 2.75) is 39.7 Å². The molecule has 0 bridgehead atoms. The van der Waals surface area contributed by atoms with Crippen molar-refractivity contribution in [2.24, 2.45) is 29.1 Å². The van der Waals surface area contributed by atoms with E-state index >= 15 is 0 Å². The molecule has 0 spiro atoms. The molecule has 0 amide bonds. The van der Waals surface area contributed by atoms with Crippen LogP contribution in [0.5, 0.6) is 0 Å². The van der Waals surface area contributed by atoms with Gasteiger partial charge in [-0.25, -0.2) is 4.79 Å². The number of allylic oxidation sites excluding steroid dienone is 1. The van der Waals surface area contributed by atoms with Gasteiger partial charge in [-0.05, 0) is 36.0 Å². The van der Waals surface area contributed by atoms with Gasteiger partial charge in [0.2, 0.25) is 0 Å². The molecule has 2 aliphatic carbocycles. The number of hydrogen-bond acceptors (Lipinski definition) is 3. The third-order valence-electron chi connectivity index (χ3n) is 5.12. The second kappa shape index (κ2) is 3.83. The highest BCUT2D eigenvalue weighted by Crippen LogP contribution is 2.53. The fourth-order valence-corrected chi connectivity index (χ4v) is 4.28. The lowest BCUT2D eigenvalue weighted by Gasteiger charge is -2.27. The van der Waals surface area contributed by atoms with E-state index in [1.54, 1.807) is 0 Å². The molecule has 1 saturated carbocycles. The number of cyclic esters (lactones) is 1. The van der Waals surface area contributed by atoms with Crippen LogP contribution in [0.4, 0.5) is 0 Å². The first-order valence-corrected chi connectivity index (χ1v) is 6.96. The number of rotatable bonds is 0. The lowest BCUT2D eigenvalue weighted by atomic mass is 9.81. The lowest BCUT2D eigenvalue weighted by molar-refractivity contribution is -0.135. The van der Waals surface area contributed by atoms with Crippen molar-refractivity contribution in [2.75, 3.05) is 6.61 Å². The van der Waals surface area contributed by atoms with Crippen LogP contribution < -0.4 is 0 Å². The summed E-state index contributed by atoms with van der Waals surface area (Å²) in [6.45, 7) is 7.10. The van der Waals surface area contributed by atoms with Gasteiger partial charge < -0.3 is 9.84 Å². The molecule has 0 aromatic heterocycles. The monoisotopic (exact) mass is 250 g/mol. The topological polar surface area (TPSA) is 46.5 Å². The van der Waals surface area contributed by atoms with Crippen LogP contribution >= 0.6 is 0 Å². The summed E-state index contributed by atoms with van der Waals surface area (Å²) in [5.74, 6) is 0.857. The molecule has 1 aliphatic heterocycles. The number of carbonyl (C=O) groups excluding carboxylic acids is 1. The van der Waals surface area contributed by atoms with Gasteiger partial charge in [0.15, 0.2) is 0 Å². The maximum atomic E-state index is 11.7. The van der Waals surface area contributed by atoms with Crippen molar-refractivity contribution in [3.8, 4) is 0 Å². The first kappa shape index (κ1) is 12.2. The summed E-state index contributed by atoms with van der Waals surface area (Å²) in [6.07, 6.45) is 3.84. The van der Waals surface area contributed by atoms with Gasteiger partial charge in [-0.1, -0.05) is 26.8 Å². The Balaban J connectivity index is 1.97. The molecule has 18 heavy (non-hydrogen) atoms. The SMILES string of the molecule is C[C@H]1C=C2C(=O)OC[C@@H]2[C@@H](O)[C@@H]2CC(C)(C)C[C@@H]21. The predicted molar refractivity (Wildman–Crippen MR) is 67.7 cm³/mol. The van der Waals surface area contributed by atoms with E-state index in [-0.39, 0.29) is 11.9 Å². The lowest BCUT2D eigenvalue weighted by Crippen LogP contribution is -2.32. The smallest absolute Gasteiger partial charge is 0.334 e. The zero-order valence-electron chi connectivity index (χ0n) is 11.3. The molecule has 100 valence electrons. The highest BCUT2D eigenvalue weighted by Gasteiger charge is 2.51. The first-order valence-electron chi connectivity index (χ1n) is 6.96. The molecule has 0 aromatic rings. The third-order valence-corrected chi connectivity index (χ3v) is 5.12. The fourth-order valence-electron chi connectivity index (χ4n) is 4.28. The van der Waals surface area contributed by atoms with E-state index in [0.29, 0.717) is 29.8 Å². The third kappa shape index (κ3) is 1.71. The Kier molecular flexibility index (Phi) is 2.60. The van der Waals surface area contributed by atoms with Crippen molar-refractivity contribution in [1.29, 1.82) is 0 Å². The van der Waals surface area contributed by atoms with Crippen molar-refractivity contribution >= 4 is 5.97 Å². The molecule has 3 rings (SSSR count). The number of fused-ring (bicyclic) bond motifs is 2. The van der Waals surface area contributed by atoms with Gasteiger partial charge in [-0.15, -0.1) is 0 Å². The van der Waals surface area contributed by atoms with Crippen molar-refractivity contribution in [1.82, 2.24) is 0 Å². The number of ether oxygens (including phenoxy) is 1. The Labute approximate surface area is 108 Å². The van der Waals surface area contributed by atoms with E-state index in [1.165, 1.54) is 0 Å². The molecule has 0 radical (unpaired) electrons. The normalized spacial score (nSPS) is 45.9. The zero-order valence-corrected chi connectivity index (χ0v) is 11.3. The maximum absolute atomic E-state index is 11.7. The molecule has 0 unspecified atom stereocenters. The highest BCUT2D eigenvalue weighted by atomic mass is 16.5. The maximum Gasteiger partial charge on any atom is 0.334 e. The minimum absolute atomic E-state index is 0.0937. The van der Waals surface area contributed by atoms with E-state index in [9.17, 15) is 9.90 Å². The molecule has 1 heterocycles. The first-order chi connectivity index (χ1) is 8.39. The summed E-state index contributed by atoms with van der Waals surface area (Å²) in [5.41, 5.74) is 1.03. The van der Waals surface area contributed by atoms with Crippen LogP contribution in [-0.4, -0.2) is 23.8 Å². The van der Waals surface area contributed by atoms with Crippen LogP contribution in [-0.2, 0) is 9.53 Å². The Hall–Kier alpha value is -0.830. The van der Waals surface area contributed by atoms with Gasteiger partial charge in [0.25, 0.3) is 0 Å². The van der Waals surface area contributed by atoms with Gasteiger partial charge >= 0.3 is 5.97 Å². The summed E-state index contributed by atoms with van der Waals surface area (Å²) in [7, 11) is 0. The fraction of sp³-hybridized carbons (Fsp3) is 0.800. The largest absolute Gasteiger partial charge is 0.462 e. The number of aliphatic hydroxyl groups is 1. The Bertz CT molecular complexity index is 410. The average Bonchev–Trinajstić information content (AvgIpc) is 2.77. The van der Waals surface area contributed by atoms with E-state index in [1.807, 2.05) is 0 Å². The molecule has 0 aromatic carbocycles. The zero-order chi connectivity index (χ0) is 13.1. The van der Waals surface area contributed by atoms with Crippen LogP contribution in [0.3, 0.4) is 0 Å². The number of hydrogen-bond donors (Lipinski definition) is 1. The molecule has 2 fully saturated rings. The molecule has 5 atom stereocenters. The second-order valence-electron chi connectivity index (χ2n) is 7.08. The van der Waals surface area contributed by atoms with E-state index in [2.05, 4.69) is 26.8 Å². The second-order valence-corrected chi connectivity index (χ2v) is 7.08. The summed E-state index contributed by atoms with van der Waals surface area (Å²) >= 11 is 0. The van der Waals surface area contributed by atoms with Crippen molar-refractivity contribution < 1.29 is 14.6 Å².